The van der Waals surface area contributed by atoms with Crippen molar-refractivity contribution < 1.29 is 19.1 Å². The van der Waals surface area contributed by atoms with Gasteiger partial charge in [-0.1, -0.05) is 24.6 Å². The molecule has 2 aliphatic rings. The van der Waals surface area contributed by atoms with Crippen molar-refractivity contribution in [1.29, 1.82) is 0 Å². The zero-order valence-electron chi connectivity index (χ0n) is 21.0. The van der Waals surface area contributed by atoms with Gasteiger partial charge in [0.1, 0.15) is 12.3 Å². The van der Waals surface area contributed by atoms with E-state index in [1.165, 1.54) is 5.56 Å². The number of aryl methyl sites for hydroxylation is 1. The summed E-state index contributed by atoms with van der Waals surface area (Å²) in [4.78, 5) is 41.6. The van der Waals surface area contributed by atoms with Gasteiger partial charge in [-0.05, 0) is 74.7 Å². The zero-order valence-corrected chi connectivity index (χ0v) is 21.8. The van der Waals surface area contributed by atoms with E-state index in [-0.39, 0.29) is 17.0 Å². The number of carbonyl (C=O) groups is 3. The minimum absolute atomic E-state index is 0.0146. The van der Waals surface area contributed by atoms with Crippen LogP contribution >= 0.6 is 11.8 Å². The molecule has 35 heavy (non-hydrogen) atoms. The number of methoxy groups -OCH3 is 1. The summed E-state index contributed by atoms with van der Waals surface area (Å²) in [7, 11) is 3.68. The highest BCUT2D eigenvalue weighted by atomic mass is 32.2. The Hall–Kier alpha value is -3.26. The van der Waals surface area contributed by atoms with Gasteiger partial charge in [0.2, 0.25) is 5.91 Å². The Balaban J connectivity index is 1.57. The fraction of sp³-hybridized carbons (Fsp3) is 0.370. The van der Waals surface area contributed by atoms with E-state index in [2.05, 4.69) is 38.0 Å². The molecular formula is C27H31N3O4S. The molecule has 2 aliphatic heterocycles. The third-order valence-corrected chi connectivity index (χ3v) is 7.69. The number of thioether (sulfide) groups is 1. The molecule has 0 radical (unpaired) electrons. The number of ether oxygens (including phenoxy) is 1. The van der Waals surface area contributed by atoms with Gasteiger partial charge in [0.05, 0.1) is 12.0 Å². The second-order valence-corrected chi connectivity index (χ2v) is 10.8. The van der Waals surface area contributed by atoms with Crippen molar-refractivity contribution in [2.45, 2.75) is 45.6 Å². The number of carbonyl (C=O) groups excluding carboxylic acids is 3. The largest absolute Gasteiger partial charge is 0.496 e. The Bertz CT molecular complexity index is 1220. The molecule has 1 saturated heterocycles. The molecule has 0 aromatic heterocycles. The van der Waals surface area contributed by atoms with Crippen LogP contribution in [0.4, 0.5) is 16.2 Å². The molecule has 0 bridgehead atoms. The Morgan fingerprint density at radius 2 is 1.91 bits per heavy atom. The number of amides is 3. The fourth-order valence-electron chi connectivity index (χ4n) is 4.66. The van der Waals surface area contributed by atoms with Crippen LogP contribution < -0.4 is 15.0 Å². The van der Waals surface area contributed by atoms with E-state index in [4.69, 9.17) is 4.74 Å². The number of benzene rings is 2. The molecule has 0 saturated carbocycles. The average Bonchev–Trinajstić information content (AvgIpc) is 3.06. The van der Waals surface area contributed by atoms with E-state index in [0.29, 0.717) is 17.4 Å². The molecule has 4 rings (SSSR count). The maximum Gasteiger partial charge on any atom is 0.294 e. The molecule has 184 valence electrons. The second-order valence-electron chi connectivity index (χ2n) is 9.81. The molecule has 3 amide bonds. The predicted molar refractivity (Wildman–Crippen MR) is 141 cm³/mol. The highest BCUT2D eigenvalue weighted by Gasteiger charge is 2.38. The first kappa shape index (κ1) is 24.9. The molecule has 8 heteroatoms. The van der Waals surface area contributed by atoms with Crippen molar-refractivity contribution in [2.75, 3.05) is 30.9 Å². The standard InChI is InChI=1S/C27H31N3O4S/c1-16-7-9-19(10-8-16)28-24(31)15-30-25(32)23(35-26(30)33)12-18-11-20-17(2)14-27(3,4)29(5)21(20)13-22(18)34-6/h7-13,17H,14-15H2,1-6H3,(H,28,31)/b23-12+. The molecular weight excluding hydrogens is 462 g/mol. The lowest BCUT2D eigenvalue weighted by Gasteiger charge is -2.45. The summed E-state index contributed by atoms with van der Waals surface area (Å²) < 4.78 is 5.65. The quantitative estimate of drug-likeness (QED) is 0.562. The molecule has 1 atom stereocenters. The van der Waals surface area contributed by atoms with Gasteiger partial charge in [-0.2, -0.15) is 0 Å². The minimum Gasteiger partial charge on any atom is -0.496 e. The van der Waals surface area contributed by atoms with Crippen molar-refractivity contribution in [2.24, 2.45) is 0 Å². The van der Waals surface area contributed by atoms with Crippen LogP contribution in [-0.2, 0) is 9.59 Å². The molecule has 1 fully saturated rings. The lowest BCUT2D eigenvalue weighted by atomic mass is 9.80. The van der Waals surface area contributed by atoms with E-state index < -0.39 is 17.1 Å². The summed E-state index contributed by atoms with van der Waals surface area (Å²) in [6.45, 7) is 8.25. The van der Waals surface area contributed by atoms with Crippen LogP contribution in [0.15, 0.2) is 41.3 Å². The molecule has 1 N–H and O–H groups in total. The minimum atomic E-state index is -0.481. The lowest BCUT2D eigenvalue weighted by Crippen LogP contribution is -2.45. The van der Waals surface area contributed by atoms with E-state index in [1.54, 1.807) is 25.3 Å². The smallest absolute Gasteiger partial charge is 0.294 e. The Kier molecular flexibility index (Phi) is 6.68. The van der Waals surface area contributed by atoms with Crippen LogP contribution in [0.1, 0.15) is 49.8 Å². The highest BCUT2D eigenvalue weighted by Crippen LogP contribution is 2.45. The summed E-state index contributed by atoms with van der Waals surface area (Å²) in [5, 5.41) is 2.27. The van der Waals surface area contributed by atoms with Gasteiger partial charge in [-0.3, -0.25) is 19.3 Å². The first-order chi connectivity index (χ1) is 16.5. The summed E-state index contributed by atoms with van der Waals surface area (Å²) in [6.07, 6.45) is 2.68. The van der Waals surface area contributed by atoms with Gasteiger partial charge in [0.25, 0.3) is 11.1 Å². The number of imide groups is 1. The molecule has 2 heterocycles. The van der Waals surface area contributed by atoms with Gasteiger partial charge in [-0.25, -0.2) is 0 Å². The van der Waals surface area contributed by atoms with Crippen molar-refractivity contribution >= 4 is 46.3 Å². The van der Waals surface area contributed by atoms with E-state index in [0.717, 1.165) is 39.9 Å². The van der Waals surface area contributed by atoms with Crippen LogP contribution in [0.3, 0.4) is 0 Å². The van der Waals surface area contributed by atoms with Crippen LogP contribution in [0.5, 0.6) is 5.75 Å². The van der Waals surface area contributed by atoms with E-state index in [9.17, 15) is 14.4 Å². The van der Waals surface area contributed by atoms with Gasteiger partial charge < -0.3 is 15.0 Å². The van der Waals surface area contributed by atoms with Crippen LogP contribution in [0.2, 0.25) is 0 Å². The monoisotopic (exact) mass is 493 g/mol. The van der Waals surface area contributed by atoms with Crippen molar-refractivity contribution in [1.82, 2.24) is 4.90 Å². The molecule has 7 nitrogen and oxygen atoms in total. The number of nitrogens with zero attached hydrogens (tertiary/aromatic N) is 2. The van der Waals surface area contributed by atoms with Gasteiger partial charge in [0.15, 0.2) is 0 Å². The Morgan fingerprint density at radius 1 is 1.23 bits per heavy atom. The normalized spacial score (nSPS) is 20.3. The highest BCUT2D eigenvalue weighted by molar-refractivity contribution is 8.18. The summed E-state index contributed by atoms with van der Waals surface area (Å²) >= 11 is 0.837. The molecule has 2 aromatic carbocycles. The Morgan fingerprint density at radius 3 is 2.57 bits per heavy atom. The fourth-order valence-corrected chi connectivity index (χ4v) is 5.49. The maximum atomic E-state index is 13.0. The van der Waals surface area contributed by atoms with E-state index >= 15 is 0 Å². The third kappa shape index (κ3) is 4.93. The Labute approximate surface area is 210 Å². The molecule has 0 aliphatic carbocycles. The molecule has 2 aromatic rings. The average molecular weight is 494 g/mol. The number of hydrogen-bond acceptors (Lipinski definition) is 6. The summed E-state index contributed by atoms with van der Waals surface area (Å²) in [5.41, 5.74) is 4.71. The molecule has 1 unspecified atom stereocenters. The number of anilines is 2. The number of rotatable bonds is 5. The van der Waals surface area contributed by atoms with Gasteiger partial charge in [-0.15, -0.1) is 0 Å². The first-order valence-corrected chi connectivity index (χ1v) is 12.4. The number of nitrogens with one attached hydrogen (secondary N) is 1. The maximum absolute atomic E-state index is 13.0. The topological polar surface area (TPSA) is 79.0 Å². The van der Waals surface area contributed by atoms with E-state index in [1.807, 2.05) is 31.2 Å². The predicted octanol–water partition coefficient (Wildman–Crippen LogP) is 5.40. The second kappa shape index (κ2) is 9.41. The number of fused-ring (bicyclic) bond motifs is 1. The van der Waals surface area contributed by atoms with Crippen LogP contribution in [-0.4, -0.2) is 48.2 Å². The van der Waals surface area contributed by atoms with Crippen LogP contribution in [0.25, 0.3) is 6.08 Å². The van der Waals surface area contributed by atoms with Gasteiger partial charge >= 0.3 is 0 Å². The van der Waals surface area contributed by atoms with Crippen LogP contribution in [0, 0.1) is 6.92 Å². The van der Waals surface area contributed by atoms with Crippen molar-refractivity contribution in [3.8, 4) is 5.75 Å². The summed E-state index contributed by atoms with van der Waals surface area (Å²) in [6, 6.07) is 11.4. The van der Waals surface area contributed by atoms with Gasteiger partial charge in [0, 0.05) is 35.6 Å². The third-order valence-electron chi connectivity index (χ3n) is 6.78. The number of hydrogen-bond donors (Lipinski definition) is 1. The molecule has 0 spiro atoms. The van der Waals surface area contributed by atoms with Crippen molar-refractivity contribution in [3.05, 3.63) is 58.0 Å². The zero-order chi connectivity index (χ0) is 25.5. The lowest BCUT2D eigenvalue weighted by molar-refractivity contribution is -0.127. The summed E-state index contributed by atoms with van der Waals surface area (Å²) in [5.74, 6) is 0.0487. The first-order valence-electron chi connectivity index (χ1n) is 11.6. The van der Waals surface area contributed by atoms with Crippen molar-refractivity contribution in [3.63, 3.8) is 0 Å². The SMILES string of the molecule is COc1cc2c(cc1/C=C1/SC(=O)N(CC(=O)Nc3ccc(C)cc3)C1=O)C(C)CC(C)(C)N2C.